The molecule has 2 aromatic heterocycles. The van der Waals surface area contributed by atoms with Gasteiger partial charge in [0.2, 0.25) is 5.95 Å². The molecule has 2 fully saturated rings. The van der Waals surface area contributed by atoms with Crippen molar-refractivity contribution in [2.45, 2.75) is 18.9 Å². The van der Waals surface area contributed by atoms with Crippen molar-refractivity contribution in [2.75, 3.05) is 43.1 Å². The van der Waals surface area contributed by atoms with Crippen LogP contribution in [0.15, 0.2) is 36.8 Å². The van der Waals surface area contributed by atoms with Gasteiger partial charge in [0.15, 0.2) is 0 Å². The van der Waals surface area contributed by atoms with Gasteiger partial charge in [-0.1, -0.05) is 11.6 Å². The lowest BCUT2D eigenvalue weighted by molar-refractivity contribution is -0.125. The molecule has 4 heterocycles. The molecular formula is C23H23ClN8O2. The molecule has 1 amide bonds. The molecule has 174 valence electrons. The fourth-order valence-electron chi connectivity index (χ4n) is 4.20. The summed E-state index contributed by atoms with van der Waals surface area (Å²) in [4.78, 5) is 22.6. The van der Waals surface area contributed by atoms with Crippen LogP contribution in [0, 0.1) is 11.3 Å². The average Bonchev–Trinajstić information content (AvgIpc) is 3.36. The third-order valence-electron chi connectivity index (χ3n) is 5.95. The first-order valence-corrected chi connectivity index (χ1v) is 11.5. The minimum absolute atomic E-state index is 0.0144. The predicted molar refractivity (Wildman–Crippen MR) is 127 cm³/mol. The Morgan fingerprint density at radius 2 is 2.12 bits per heavy atom. The number of amides is 1. The quantitative estimate of drug-likeness (QED) is 0.574. The number of rotatable bonds is 5. The molecule has 11 heteroatoms. The van der Waals surface area contributed by atoms with E-state index in [4.69, 9.17) is 16.3 Å². The van der Waals surface area contributed by atoms with Crippen LogP contribution in [0.1, 0.15) is 24.4 Å². The number of halogens is 1. The minimum atomic E-state index is -0.167. The Balaban J connectivity index is 1.37. The number of nitriles is 1. The summed E-state index contributed by atoms with van der Waals surface area (Å²) < 4.78 is 7.16. The highest BCUT2D eigenvalue weighted by atomic mass is 35.5. The van der Waals surface area contributed by atoms with E-state index in [0.29, 0.717) is 52.8 Å². The van der Waals surface area contributed by atoms with Crippen LogP contribution >= 0.6 is 11.6 Å². The second kappa shape index (κ2) is 9.77. The third kappa shape index (κ3) is 4.59. The van der Waals surface area contributed by atoms with Crippen LogP contribution in [-0.2, 0) is 9.53 Å². The molecule has 0 saturated carbocycles. The number of carbonyl (C=O) groups is 1. The van der Waals surface area contributed by atoms with E-state index in [1.165, 1.54) is 0 Å². The van der Waals surface area contributed by atoms with E-state index in [0.717, 1.165) is 31.5 Å². The summed E-state index contributed by atoms with van der Waals surface area (Å²) in [5, 5.41) is 21.1. The highest BCUT2D eigenvalue weighted by molar-refractivity contribution is 6.32. The summed E-state index contributed by atoms with van der Waals surface area (Å²) in [5.74, 6) is 0.173. The molecule has 5 rings (SSSR count). The number of morpholine rings is 1. The maximum atomic E-state index is 12.2. The topological polar surface area (TPSA) is 121 Å². The zero-order valence-corrected chi connectivity index (χ0v) is 19.1. The number of anilines is 3. The first-order chi connectivity index (χ1) is 16.6. The summed E-state index contributed by atoms with van der Waals surface area (Å²) in [7, 11) is 0. The SMILES string of the molecule is N#Cc1cc(Nc2ncc(Cl)c(-c3cnn(C4CCNCC4)c3)n2)ccc1N1CCOCC1=O. The summed E-state index contributed by atoms with van der Waals surface area (Å²) >= 11 is 6.41. The molecule has 1 aromatic carbocycles. The van der Waals surface area contributed by atoms with E-state index in [1.807, 2.05) is 10.9 Å². The molecule has 2 aliphatic heterocycles. The number of ether oxygens (including phenoxy) is 1. The van der Waals surface area contributed by atoms with Gasteiger partial charge in [0.05, 0.1) is 47.0 Å². The zero-order chi connectivity index (χ0) is 23.5. The number of nitrogens with one attached hydrogen (secondary N) is 2. The van der Waals surface area contributed by atoms with Crippen molar-refractivity contribution in [2.24, 2.45) is 0 Å². The molecule has 0 bridgehead atoms. The standard InChI is InChI=1S/C23H23ClN8O2/c24-19-12-27-23(30-22(19)16-11-28-32(13-16)18-3-5-26-6-4-18)29-17-1-2-20(15(9-17)10-25)31-7-8-34-14-21(31)33/h1-2,9,11-13,18,26H,3-8,14H2,(H,27,29,30). The van der Waals surface area contributed by atoms with E-state index in [9.17, 15) is 10.1 Å². The lowest BCUT2D eigenvalue weighted by Gasteiger charge is -2.27. The maximum absolute atomic E-state index is 12.2. The first kappa shape index (κ1) is 22.3. The molecule has 2 N–H and O–H groups in total. The highest BCUT2D eigenvalue weighted by Crippen LogP contribution is 2.30. The minimum Gasteiger partial charge on any atom is -0.370 e. The van der Waals surface area contributed by atoms with Gasteiger partial charge in [-0.05, 0) is 44.1 Å². The highest BCUT2D eigenvalue weighted by Gasteiger charge is 2.23. The fourth-order valence-corrected chi connectivity index (χ4v) is 4.40. The number of aromatic nitrogens is 4. The predicted octanol–water partition coefficient (Wildman–Crippen LogP) is 2.90. The van der Waals surface area contributed by atoms with Gasteiger partial charge < -0.3 is 20.3 Å². The van der Waals surface area contributed by atoms with Crippen molar-refractivity contribution < 1.29 is 9.53 Å². The molecule has 2 aliphatic rings. The van der Waals surface area contributed by atoms with Gasteiger partial charge in [0, 0.05) is 24.0 Å². The Labute approximate surface area is 201 Å². The van der Waals surface area contributed by atoms with Gasteiger partial charge >= 0.3 is 0 Å². The molecule has 34 heavy (non-hydrogen) atoms. The summed E-state index contributed by atoms with van der Waals surface area (Å²) in [5.41, 5.74) is 2.95. The Kier molecular flexibility index (Phi) is 6.40. The van der Waals surface area contributed by atoms with Crippen molar-refractivity contribution in [1.29, 1.82) is 5.26 Å². The largest absolute Gasteiger partial charge is 0.370 e. The first-order valence-electron chi connectivity index (χ1n) is 11.1. The molecule has 2 saturated heterocycles. The van der Waals surface area contributed by atoms with Crippen molar-refractivity contribution >= 4 is 34.8 Å². The van der Waals surface area contributed by atoms with E-state index in [2.05, 4.69) is 31.8 Å². The normalized spacial score (nSPS) is 16.9. The molecular weight excluding hydrogens is 456 g/mol. The van der Waals surface area contributed by atoms with Gasteiger partial charge in [-0.15, -0.1) is 0 Å². The Bertz CT molecular complexity index is 1250. The van der Waals surface area contributed by atoms with E-state index in [-0.39, 0.29) is 12.5 Å². The number of nitrogens with zero attached hydrogens (tertiary/aromatic N) is 6. The second-order valence-corrected chi connectivity index (χ2v) is 8.55. The van der Waals surface area contributed by atoms with Crippen molar-refractivity contribution in [3.8, 4) is 17.3 Å². The number of benzene rings is 1. The Hall–Kier alpha value is -3.52. The number of hydrogen-bond acceptors (Lipinski definition) is 8. The zero-order valence-electron chi connectivity index (χ0n) is 18.4. The molecule has 0 spiro atoms. The van der Waals surface area contributed by atoms with Crippen LogP contribution in [0.4, 0.5) is 17.3 Å². The maximum Gasteiger partial charge on any atom is 0.253 e. The Morgan fingerprint density at radius 3 is 2.91 bits per heavy atom. The van der Waals surface area contributed by atoms with Crippen LogP contribution in [0.25, 0.3) is 11.3 Å². The van der Waals surface area contributed by atoms with Gasteiger partial charge in [-0.3, -0.25) is 9.48 Å². The van der Waals surface area contributed by atoms with Crippen LogP contribution in [0.2, 0.25) is 5.02 Å². The monoisotopic (exact) mass is 478 g/mol. The van der Waals surface area contributed by atoms with E-state index in [1.54, 1.807) is 35.5 Å². The molecule has 3 aromatic rings. The van der Waals surface area contributed by atoms with Gasteiger partial charge in [-0.25, -0.2) is 9.97 Å². The number of hydrogen-bond donors (Lipinski definition) is 2. The molecule has 0 radical (unpaired) electrons. The molecule has 10 nitrogen and oxygen atoms in total. The van der Waals surface area contributed by atoms with E-state index >= 15 is 0 Å². The lowest BCUT2D eigenvalue weighted by atomic mass is 10.1. The lowest BCUT2D eigenvalue weighted by Crippen LogP contribution is -2.42. The van der Waals surface area contributed by atoms with Crippen LogP contribution in [-0.4, -0.2) is 58.5 Å². The van der Waals surface area contributed by atoms with Gasteiger partial charge in [0.1, 0.15) is 12.7 Å². The molecule has 0 aliphatic carbocycles. The summed E-state index contributed by atoms with van der Waals surface area (Å²) in [6.45, 7) is 2.82. The van der Waals surface area contributed by atoms with Gasteiger partial charge in [-0.2, -0.15) is 10.4 Å². The Morgan fingerprint density at radius 1 is 1.26 bits per heavy atom. The van der Waals surface area contributed by atoms with Crippen molar-refractivity contribution in [3.63, 3.8) is 0 Å². The summed E-state index contributed by atoms with van der Waals surface area (Å²) in [6.07, 6.45) is 7.33. The van der Waals surface area contributed by atoms with E-state index < -0.39 is 0 Å². The number of piperidine rings is 1. The molecule has 0 unspecified atom stereocenters. The second-order valence-electron chi connectivity index (χ2n) is 8.15. The smallest absolute Gasteiger partial charge is 0.253 e. The molecule has 0 atom stereocenters. The van der Waals surface area contributed by atoms with Crippen LogP contribution < -0.4 is 15.5 Å². The third-order valence-corrected chi connectivity index (χ3v) is 6.23. The average molecular weight is 479 g/mol. The van der Waals surface area contributed by atoms with Crippen LogP contribution in [0.3, 0.4) is 0 Å². The van der Waals surface area contributed by atoms with Crippen molar-refractivity contribution in [3.05, 3.63) is 47.4 Å². The number of carbonyl (C=O) groups excluding carboxylic acids is 1. The van der Waals surface area contributed by atoms with Gasteiger partial charge in [0.25, 0.3) is 5.91 Å². The summed E-state index contributed by atoms with van der Waals surface area (Å²) in [6, 6.07) is 7.72. The van der Waals surface area contributed by atoms with Crippen LogP contribution in [0.5, 0.6) is 0 Å². The van der Waals surface area contributed by atoms with Crippen molar-refractivity contribution in [1.82, 2.24) is 25.1 Å². The fraction of sp³-hybridized carbons (Fsp3) is 0.348.